The molecule has 0 aliphatic carbocycles. The molecule has 0 spiro atoms. The number of piperazine rings is 1. The van der Waals surface area contributed by atoms with Crippen molar-refractivity contribution < 1.29 is 9.18 Å². The fourth-order valence-corrected chi connectivity index (χ4v) is 2.69. The van der Waals surface area contributed by atoms with Crippen LogP contribution in [0.25, 0.3) is 11.3 Å². The first-order valence-corrected chi connectivity index (χ1v) is 7.75. The van der Waals surface area contributed by atoms with E-state index in [1.54, 1.807) is 18.2 Å². The van der Waals surface area contributed by atoms with Crippen molar-refractivity contribution in [2.75, 3.05) is 39.3 Å². The number of amides is 1. The molecule has 2 heterocycles. The average molecular weight is 317 g/mol. The number of aromatic amines is 1. The van der Waals surface area contributed by atoms with Crippen LogP contribution in [0.15, 0.2) is 30.5 Å². The maximum absolute atomic E-state index is 13.9. The molecule has 3 N–H and O–H groups in total. The van der Waals surface area contributed by atoms with E-state index in [2.05, 4.69) is 25.7 Å². The summed E-state index contributed by atoms with van der Waals surface area (Å²) in [5, 5.41) is 12.8. The number of aromatic nitrogens is 2. The lowest BCUT2D eigenvalue weighted by molar-refractivity contribution is 0.0948. The Morgan fingerprint density at radius 3 is 2.87 bits per heavy atom. The Hall–Kier alpha value is -2.25. The maximum Gasteiger partial charge on any atom is 0.255 e. The van der Waals surface area contributed by atoms with Crippen LogP contribution in [0.2, 0.25) is 0 Å². The third kappa shape index (κ3) is 3.75. The Morgan fingerprint density at radius 1 is 1.30 bits per heavy atom. The monoisotopic (exact) mass is 317 g/mol. The van der Waals surface area contributed by atoms with Crippen molar-refractivity contribution >= 4 is 5.91 Å². The number of carbonyl (C=O) groups excluding carboxylic acids is 1. The molecule has 0 saturated carbocycles. The van der Waals surface area contributed by atoms with E-state index in [4.69, 9.17) is 0 Å². The van der Waals surface area contributed by atoms with Crippen molar-refractivity contribution in [1.29, 1.82) is 0 Å². The van der Waals surface area contributed by atoms with E-state index in [0.717, 1.165) is 32.7 Å². The summed E-state index contributed by atoms with van der Waals surface area (Å²) >= 11 is 0. The number of hydrogen-bond acceptors (Lipinski definition) is 4. The Bertz CT molecular complexity index is 666. The van der Waals surface area contributed by atoms with Crippen LogP contribution in [0.1, 0.15) is 10.4 Å². The Morgan fingerprint density at radius 2 is 2.09 bits per heavy atom. The summed E-state index contributed by atoms with van der Waals surface area (Å²) in [4.78, 5) is 14.6. The van der Waals surface area contributed by atoms with Gasteiger partial charge in [0.15, 0.2) is 0 Å². The molecule has 7 heteroatoms. The number of halogens is 1. The summed E-state index contributed by atoms with van der Waals surface area (Å²) in [6.45, 7) is 5.30. The Kier molecular flexibility index (Phi) is 4.99. The molecule has 1 saturated heterocycles. The molecule has 1 fully saturated rings. The van der Waals surface area contributed by atoms with Gasteiger partial charge in [-0.25, -0.2) is 4.39 Å². The second-order valence-electron chi connectivity index (χ2n) is 5.49. The molecule has 1 aliphatic heterocycles. The minimum atomic E-state index is -0.383. The first kappa shape index (κ1) is 15.6. The van der Waals surface area contributed by atoms with Crippen LogP contribution in [-0.4, -0.2) is 60.3 Å². The summed E-state index contributed by atoms with van der Waals surface area (Å²) in [6, 6.07) is 6.33. The summed E-state index contributed by atoms with van der Waals surface area (Å²) in [6.07, 6.45) is 1.43. The normalized spacial score (nSPS) is 15.5. The average Bonchev–Trinajstić information content (AvgIpc) is 3.06. The van der Waals surface area contributed by atoms with Gasteiger partial charge in [-0.1, -0.05) is 12.1 Å². The van der Waals surface area contributed by atoms with Gasteiger partial charge in [-0.2, -0.15) is 5.10 Å². The summed E-state index contributed by atoms with van der Waals surface area (Å²) in [7, 11) is 0. The Labute approximate surface area is 134 Å². The zero-order valence-electron chi connectivity index (χ0n) is 12.8. The van der Waals surface area contributed by atoms with Crippen molar-refractivity contribution in [1.82, 2.24) is 25.7 Å². The molecule has 6 nitrogen and oxygen atoms in total. The fraction of sp³-hybridized carbons (Fsp3) is 0.375. The third-order valence-corrected chi connectivity index (χ3v) is 3.95. The second-order valence-corrected chi connectivity index (χ2v) is 5.49. The smallest absolute Gasteiger partial charge is 0.255 e. The van der Waals surface area contributed by atoms with Crippen molar-refractivity contribution in [3.63, 3.8) is 0 Å². The van der Waals surface area contributed by atoms with Gasteiger partial charge in [-0.05, 0) is 12.1 Å². The van der Waals surface area contributed by atoms with Gasteiger partial charge in [0.05, 0.1) is 17.5 Å². The number of hydrogen-bond donors (Lipinski definition) is 3. The Balaban J connectivity index is 1.62. The van der Waals surface area contributed by atoms with Crippen molar-refractivity contribution in [3.05, 3.63) is 41.8 Å². The zero-order chi connectivity index (χ0) is 16.1. The minimum Gasteiger partial charge on any atom is -0.351 e. The lowest BCUT2D eigenvalue weighted by atomic mass is 10.1. The highest BCUT2D eigenvalue weighted by atomic mass is 19.1. The van der Waals surface area contributed by atoms with E-state index in [-0.39, 0.29) is 11.7 Å². The van der Waals surface area contributed by atoms with Crippen LogP contribution < -0.4 is 10.6 Å². The van der Waals surface area contributed by atoms with E-state index in [0.29, 0.717) is 23.4 Å². The van der Waals surface area contributed by atoms with E-state index >= 15 is 0 Å². The number of H-pyrrole nitrogens is 1. The first-order chi connectivity index (χ1) is 11.3. The van der Waals surface area contributed by atoms with Crippen LogP contribution in [0.3, 0.4) is 0 Å². The van der Waals surface area contributed by atoms with Crippen LogP contribution in [0.4, 0.5) is 4.39 Å². The molecule has 0 atom stereocenters. The molecule has 1 aliphatic rings. The zero-order valence-corrected chi connectivity index (χ0v) is 12.8. The number of carbonyl (C=O) groups is 1. The highest BCUT2D eigenvalue weighted by molar-refractivity contribution is 5.99. The highest BCUT2D eigenvalue weighted by Crippen LogP contribution is 2.23. The lowest BCUT2D eigenvalue weighted by Crippen LogP contribution is -2.46. The van der Waals surface area contributed by atoms with Gasteiger partial charge in [0.25, 0.3) is 5.91 Å². The van der Waals surface area contributed by atoms with Gasteiger partial charge in [-0.15, -0.1) is 0 Å². The summed E-state index contributed by atoms with van der Waals surface area (Å²) in [5.41, 5.74) is 1.11. The van der Waals surface area contributed by atoms with E-state index in [1.807, 2.05) is 0 Å². The number of nitrogens with one attached hydrogen (secondary N) is 3. The molecular weight excluding hydrogens is 297 g/mol. The van der Waals surface area contributed by atoms with E-state index in [1.165, 1.54) is 12.3 Å². The SMILES string of the molecule is O=C(NCCN1CCNCC1)c1cn[nH]c1-c1ccccc1F. The van der Waals surface area contributed by atoms with Gasteiger partial charge in [0.2, 0.25) is 0 Å². The molecule has 23 heavy (non-hydrogen) atoms. The largest absolute Gasteiger partial charge is 0.351 e. The topological polar surface area (TPSA) is 73.1 Å². The van der Waals surface area contributed by atoms with Crippen molar-refractivity contribution in [3.8, 4) is 11.3 Å². The maximum atomic E-state index is 13.9. The third-order valence-electron chi connectivity index (χ3n) is 3.95. The summed E-state index contributed by atoms with van der Waals surface area (Å²) in [5.74, 6) is -0.626. The predicted octanol–water partition coefficient (Wildman–Crippen LogP) is 0.851. The van der Waals surface area contributed by atoms with Crippen LogP contribution in [0.5, 0.6) is 0 Å². The standard InChI is InChI=1S/C16H20FN5O/c17-14-4-2-1-3-12(14)15-13(11-20-21-15)16(23)19-7-10-22-8-5-18-6-9-22/h1-4,11,18H,5-10H2,(H,19,23)(H,20,21). The predicted molar refractivity (Wildman–Crippen MR) is 85.6 cm³/mol. The van der Waals surface area contributed by atoms with Crippen LogP contribution in [-0.2, 0) is 0 Å². The number of benzene rings is 1. The van der Waals surface area contributed by atoms with E-state index in [9.17, 15) is 9.18 Å². The quantitative estimate of drug-likeness (QED) is 0.764. The number of rotatable bonds is 5. The first-order valence-electron chi connectivity index (χ1n) is 7.75. The molecule has 1 amide bonds. The fourth-order valence-electron chi connectivity index (χ4n) is 2.69. The molecule has 0 unspecified atom stereocenters. The van der Waals surface area contributed by atoms with Crippen molar-refractivity contribution in [2.45, 2.75) is 0 Å². The van der Waals surface area contributed by atoms with Gasteiger partial charge in [0.1, 0.15) is 5.82 Å². The van der Waals surface area contributed by atoms with Gasteiger partial charge >= 0.3 is 0 Å². The highest BCUT2D eigenvalue weighted by Gasteiger charge is 2.17. The molecule has 3 rings (SSSR count). The lowest BCUT2D eigenvalue weighted by Gasteiger charge is -2.27. The molecule has 1 aromatic heterocycles. The molecule has 122 valence electrons. The van der Waals surface area contributed by atoms with Gasteiger partial charge in [0, 0.05) is 44.8 Å². The van der Waals surface area contributed by atoms with E-state index < -0.39 is 0 Å². The molecule has 0 bridgehead atoms. The van der Waals surface area contributed by atoms with Crippen LogP contribution >= 0.6 is 0 Å². The van der Waals surface area contributed by atoms with Gasteiger partial charge in [-0.3, -0.25) is 14.8 Å². The second kappa shape index (κ2) is 7.34. The van der Waals surface area contributed by atoms with Gasteiger partial charge < -0.3 is 10.6 Å². The molecular formula is C16H20FN5O. The summed E-state index contributed by atoms with van der Waals surface area (Å²) < 4.78 is 13.9. The van der Waals surface area contributed by atoms with Crippen molar-refractivity contribution in [2.24, 2.45) is 0 Å². The molecule has 0 radical (unpaired) electrons. The minimum absolute atomic E-state index is 0.243. The number of nitrogens with zero attached hydrogens (tertiary/aromatic N) is 2. The van der Waals surface area contributed by atoms with Crippen LogP contribution in [0, 0.1) is 5.82 Å². The molecule has 2 aromatic rings. The molecule has 1 aromatic carbocycles.